The van der Waals surface area contributed by atoms with E-state index in [-0.39, 0.29) is 44.3 Å². The number of hydrogen-bond acceptors (Lipinski definition) is 2. The van der Waals surface area contributed by atoms with Gasteiger partial charge in [0.2, 0.25) is 0 Å². The molecule has 0 amide bonds. The second kappa shape index (κ2) is 20.7. The van der Waals surface area contributed by atoms with Gasteiger partial charge in [0.25, 0.3) is 0 Å². The van der Waals surface area contributed by atoms with E-state index in [1.807, 2.05) is 0 Å². The van der Waals surface area contributed by atoms with E-state index >= 15 is 0 Å². The molecular weight excluding hydrogens is 1020 g/mol. The highest BCUT2D eigenvalue weighted by Crippen LogP contribution is 2.64. The number of nitrogens with zero attached hydrogens (tertiary/aromatic N) is 2. The van der Waals surface area contributed by atoms with Crippen molar-refractivity contribution in [2.75, 3.05) is 9.80 Å². The van der Waals surface area contributed by atoms with Gasteiger partial charge in [-0.25, -0.2) is 0 Å². The van der Waals surface area contributed by atoms with E-state index in [0.29, 0.717) is 0 Å². The van der Waals surface area contributed by atoms with E-state index in [0.717, 1.165) is 34.1 Å². The van der Waals surface area contributed by atoms with Crippen molar-refractivity contribution in [2.24, 2.45) is 10.8 Å². The third kappa shape index (κ3) is 9.15. The Morgan fingerprint density at radius 2 is 0.647 bits per heavy atom. The van der Waals surface area contributed by atoms with Crippen LogP contribution in [-0.2, 0) is 21.7 Å². The quantitative estimate of drug-likeness (QED) is 0.140. The molecule has 0 bridgehead atoms. The first kappa shape index (κ1) is 58.4. The van der Waals surface area contributed by atoms with Crippen LogP contribution in [0.4, 0.5) is 34.1 Å². The maximum atomic E-state index is 5.49. The first-order valence-corrected chi connectivity index (χ1v) is 30.6. The number of hydrogen-bond donors (Lipinski definition) is 0. The molecule has 2 nitrogen and oxygen atoms in total. The molecular formula is C83H84N2. The average molecular weight is 1110 g/mol. The van der Waals surface area contributed by atoms with E-state index in [9.17, 15) is 0 Å². The Morgan fingerprint density at radius 1 is 0.329 bits per heavy atom. The van der Waals surface area contributed by atoms with Gasteiger partial charge in [-0.2, -0.15) is 0 Å². The zero-order chi connectivity index (χ0) is 61.1. The largest absolute Gasteiger partial charge is 0.310 e. The van der Waals surface area contributed by atoms with Gasteiger partial charge < -0.3 is 9.80 Å². The summed E-state index contributed by atoms with van der Waals surface area (Å²) in [4.78, 5) is 4.96. The summed E-state index contributed by atoms with van der Waals surface area (Å²) in [6.45, 7) is 44.8. The minimum absolute atomic E-state index is 0.0141. The average Bonchev–Trinajstić information content (AvgIpc) is 1.61. The predicted molar refractivity (Wildman–Crippen MR) is 364 cm³/mol. The molecule has 0 N–H and O–H groups in total. The van der Waals surface area contributed by atoms with Crippen molar-refractivity contribution >= 4 is 34.1 Å². The van der Waals surface area contributed by atoms with Gasteiger partial charge in [-0.1, -0.05) is 180 Å². The van der Waals surface area contributed by atoms with E-state index in [2.05, 4.69) is 328 Å². The summed E-state index contributed by atoms with van der Waals surface area (Å²) in [5, 5.41) is 0. The van der Waals surface area contributed by atoms with Crippen molar-refractivity contribution in [3.8, 4) is 81.2 Å². The molecule has 8 aromatic rings. The van der Waals surface area contributed by atoms with Gasteiger partial charge in [0.1, 0.15) is 0 Å². The molecule has 0 heterocycles. The summed E-state index contributed by atoms with van der Waals surface area (Å²) in [5.41, 5.74) is 29.6. The van der Waals surface area contributed by atoms with Gasteiger partial charge in [0.15, 0.2) is 0 Å². The molecule has 2 atom stereocenters. The lowest BCUT2D eigenvalue weighted by Crippen LogP contribution is -2.42. The van der Waals surface area contributed by atoms with Gasteiger partial charge >= 0.3 is 0 Å². The van der Waals surface area contributed by atoms with Gasteiger partial charge in [-0.05, 0) is 277 Å². The summed E-state index contributed by atoms with van der Waals surface area (Å²) in [5.74, 6) is 20.5. The SMILES string of the molecule is C#CC#CC#CC#CC1c2cc(N(c3ccc(-c4ccc(C)cc4C)c(C)c3)c3ccc4c(c3)C(C)(C)C(C)(C)C4(C)C)ccc2-c2ccc(N(c3ccc(-c4ccc(C)cc4C)c(C)c3)c3ccc4c(c3)C(C)(C)C(C)(C)C4(C)C)cc2C1C. The molecule has 0 aromatic heterocycles. The highest BCUT2D eigenvalue weighted by Gasteiger charge is 2.58. The number of fused-ring (bicyclic) bond motifs is 5. The number of terminal acetylenes is 1. The molecule has 0 fully saturated rings. The van der Waals surface area contributed by atoms with Crippen molar-refractivity contribution in [1.29, 1.82) is 0 Å². The monoisotopic (exact) mass is 1110 g/mol. The molecule has 8 aromatic carbocycles. The molecule has 11 rings (SSSR count). The van der Waals surface area contributed by atoms with Crippen LogP contribution in [0.5, 0.6) is 0 Å². The third-order valence-corrected chi connectivity index (χ3v) is 22.5. The molecule has 3 aliphatic rings. The van der Waals surface area contributed by atoms with E-state index in [4.69, 9.17) is 6.42 Å². The van der Waals surface area contributed by atoms with Gasteiger partial charge in [-0.15, -0.1) is 6.42 Å². The maximum absolute atomic E-state index is 5.49. The number of aryl methyl sites for hydroxylation is 6. The Kier molecular flexibility index (Phi) is 14.2. The summed E-state index contributed by atoms with van der Waals surface area (Å²) in [6, 6.07) is 56.3. The fourth-order valence-electron chi connectivity index (χ4n) is 15.1. The van der Waals surface area contributed by atoms with Crippen molar-refractivity contribution in [1.82, 2.24) is 0 Å². The smallest absolute Gasteiger partial charge is 0.0535 e. The lowest BCUT2D eigenvalue weighted by molar-refractivity contribution is 0.125. The predicted octanol–water partition coefficient (Wildman–Crippen LogP) is 21.5. The molecule has 0 radical (unpaired) electrons. The lowest BCUT2D eigenvalue weighted by atomic mass is 9.59. The van der Waals surface area contributed by atoms with Crippen molar-refractivity contribution in [3.05, 3.63) is 212 Å². The highest BCUT2D eigenvalue weighted by atomic mass is 15.1. The molecule has 2 unspecified atom stereocenters. The normalized spacial score (nSPS) is 18.1. The number of benzene rings is 8. The van der Waals surface area contributed by atoms with Crippen LogP contribution in [0, 0.1) is 100 Å². The summed E-state index contributed by atoms with van der Waals surface area (Å²) >= 11 is 0. The van der Waals surface area contributed by atoms with Crippen molar-refractivity contribution in [2.45, 2.75) is 165 Å². The standard InChI is InChI=1S/C83H84N2/c1-21-22-23-24-25-26-27-69-58(8)72-48-61(84(59-30-38-67(56(6)46-59)65-36-28-52(2)44-54(65)4)63-34-42-74-76(50-63)80(13,14)82(17,18)78(74,9)10)32-40-70(72)71-41-33-62(49-73(69)71)85(60-31-39-68(57(7)47-60)66-37-29-53(3)45-55(66)5)64-35-43-75-77(51-64)81(15,16)83(19,20)79(75,11)12/h1,28-51,58,69H,2-20H3. The van der Waals surface area contributed by atoms with E-state index < -0.39 is 0 Å². The first-order chi connectivity index (χ1) is 40.0. The lowest BCUT2D eigenvalue weighted by Gasteiger charge is -2.44. The van der Waals surface area contributed by atoms with Gasteiger partial charge in [-0.3, -0.25) is 0 Å². The molecule has 0 spiro atoms. The Balaban J connectivity index is 1.10. The van der Waals surface area contributed by atoms with Gasteiger partial charge in [0, 0.05) is 34.1 Å². The van der Waals surface area contributed by atoms with Crippen LogP contribution in [0.25, 0.3) is 33.4 Å². The molecule has 3 aliphatic carbocycles. The molecule has 2 heteroatoms. The summed E-state index contributed by atoms with van der Waals surface area (Å²) < 4.78 is 0. The Labute approximate surface area is 510 Å². The first-order valence-electron chi connectivity index (χ1n) is 30.6. The molecule has 0 aliphatic heterocycles. The van der Waals surface area contributed by atoms with Crippen LogP contribution in [0.1, 0.15) is 169 Å². The third-order valence-electron chi connectivity index (χ3n) is 22.5. The fraction of sp³-hybridized carbons (Fsp3) is 0.325. The zero-order valence-corrected chi connectivity index (χ0v) is 54.0. The van der Waals surface area contributed by atoms with Crippen LogP contribution in [-0.4, -0.2) is 0 Å². The second-order valence-corrected chi connectivity index (χ2v) is 28.2. The van der Waals surface area contributed by atoms with Crippen LogP contribution in [0.2, 0.25) is 0 Å². The summed E-state index contributed by atoms with van der Waals surface area (Å²) in [6.07, 6.45) is 5.49. The molecule has 426 valence electrons. The van der Waals surface area contributed by atoms with E-state index in [1.54, 1.807) is 0 Å². The molecule has 0 saturated heterocycles. The fourth-order valence-corrected chi connectivity index (χ4v) is 15.1. The Morgan fingerprint density at radius 3 is 1.06 bits per heavy atom. The van der Waals surface area contributed by atoms with Crippen molar-refractivity contribution in [3.63, 3.8) is 0 Å². The minimum Gasteiger partial charge on any atom is -0.310 e. The maximum Gasteiger partial charge on any atom is 0.0535 e. The number of anilines is 6. The van der Waals surface area contributed by atoms with Crippen LogP contribution in [0.15, 0.2) is 146 Å². The molecule has 0 saturated carbocycles. The minimum atomic E-state index is -0.207. The van der Waals surface area contributed by atoms with Crippen LogP contribution in [0.3, 0.4) is 0 Å². The Hall–Kier alpha value is -8.40. The van der Waals surface area contributed by atoms with E-state index in [1.165, 1.54) is 100 Å². The Bertz CT molecular complexity index is 4330. The van der Waals surface area contributed by atoms with Gasteiger partial charge in [0.05, 0.1) is 5.92 Å². The zero-order valence-electron chi connectivity index (χ0n) is 54.0. The topological polar surface area (TPSA) is 6.48 Å². The number of rotatable bonds is 8. The second-order valence-electron chi connectivity index (χ2n) is 28.2. The summed E-state index contributed by atoms with van der Waals surface area (Å²) in [7, 11) is 0. The van der Waals surface area contributed by atoms with Crippen LogP contribution >= 0.6 is 0 Å². The van der Waals surface area contributed by atoms with Crippen molar-refractivity contribution < 1.29 is 0 Å². The van der Waals surface area contributed by atoms with Crippen LogP contribution < -0.4 is 9.80 Å². The molecule has 85 heavy (non-hydrogen) atoms. The highest BCUT2D eigenvalue weighted by molar-refractivity contribution is 5.88.